The van der Waals surface area contributed by atoms with E-state index in [1.54, 1.807) is 0 Å². The zero-order valence-electron chi connectivity index (χ0n) is 20.2. The topological polar surface area (TPSA) is 53.7 Å². The van der Waals surface area contributed by atoms with E-state index in [0.717, 1.165) is 24.3 Å². The lowest BCUT2D eigenvalue weighted by Gasteiger charge is -2.48. The van der Waals surface area contributed by atoms with Gasteiger partial charge in [-0.2, -0.15) is 4.57 Å². The molecule has 3 heterocycles. The smallest absolute Gasteiger partial charge is 0.303 e. The van der Waals surface area contributed by atoms with Gasteiger partial charge in [-0.05, 0) is 63.3 Å². The number of aliphatic carboxylic acids is 1. The number of aryl methyl sites for hydroxylation is 2. The number of carboxylic acid groups (broad SMARTS) is 1. The number of carbonyl (C=O) groups is 1. The highest BCUT2D eigenvalue weighted by atomic mass is 16.5. The molecule has 1 N–H and O–H groups in total. The van der Waals surface area contributed by atoms with Crippen LogP contribution in [0.1, 0.15) is 62.6 Å². The Labute approximate surface area is 195 Å². The Hall–Kier alpha value is -3.08. The van der Waals surface area contributed by atoms with Crippen molar-refractivity contribution >= 4 is 22.6 Å². The minimum absolute atomic E-state index is 0.0372. The van der Waals surface area contributed by atoms with Gasteiger partial charge in [-0.25, -0.2) is 0 Å². The predicted molar refractivity (Wildman–Crippen MR) is 131 cm³/mol. The Balaban J connectivity index is 1.64. The molecule has 1 unspecified atom stereocenters. The Morgan fingerprint density at radius 3 is 2.79 bits per heavy atom. The minimum Gasteiger partial charge on any atom is -0.488 e. The third-order valence-electron chi connectivity index (χ3n) is 7.41. The normalized spacial score (nSPS) is 18.3. The van der Waals surface area contributed by atoms with Gasteiger partial charge >= 0.3 is 5.97 Å². The van der Waals surface area contributed by atoms with Crippen LogP contribution in [-0.4, -0.2) is 23.2 Å². The van der Waals surface area contributed by atoms with E-state index in [2.05, 4.69) is 80.6 Å². The summed E-state index contributed by atoms with van der Waals surface area (Å²) in [4.78, 5) is 13.5. The van der Waals surface area contributed by atoms with E-state index in [4.69, 9.17) is 9.84 Å². The summed E-state index contributed by atoms with van der Waals surface area (Å²) >= 11 is 0. The number of hydrogen-bond acceptors (Lipinski definition) is 3. The van der Waals surface area contributed by atoms with E-state index in [0.29, 0.717) is 18.9 Å². The van der Waals surface area contributed by atoms with Crippen LogP contribution in [0.25, 0.3) is 22.2 Å². The van der Waals surface area contributed by atoms with Crippen molar-refractivity contribution in [1.29, 1.82) is 0 Å². The standard InChI is InChI=1S/C28H32N2O3/c1-17-8-9-23-19(11-17)12-20-16-33-25-14-24-21(13-22(25)27(20)29(23)5)18(2)15-28(3,4)30(24)10-6-7-26(31)32/h8-9,11-14,18H,6-7,10,15-16H2,1-5H3/p+1. The minimum atomic E-state index is -0.737. The van der Waals surface area contributed by atoms with Gasteiger partial charge in [0.15, 0.2) is 0 Å². The third kappa shape index (κ3) is 3.64. The predicted octanol–water partition coefficient (Wildman–Crippen LogP) is 5.49. The SMILES string of the molecule is Cc1ccc2c(c1)cc1c([n+]2C)-c2cc3c(cc2OC1)N(CCCC(=O)O)C(C)(C)CC3C. The van der Waals surface area contributed by atoms with Gasteiger partial charge in [0.05, 0.1) is 11.1 Å². The van der Waals surface area contributed by atoms with Crippen molar-refractivity contribution in [2.45, 2.75) is 65.0 Å². The van der Waals surface area contributed by atoms with E-state index in [1.807, 2.05) is 0 Å². The first kappa shape index (κ1) is 21.7. The monoisotopic (exact) mass is 445 g/mol. The summed E-state index contributed by atoms with van der Waals surface area (Å²) in [5.41, 5.74) is 8.54. The lowest BCUT2D eigenvalue weighted by Crippen LogP contribution is -2.49. The fraction of sp³-hybridized carbons (Fsp3) is 0.429. The molecule has 2 aliphatic heterocycles. The second-order valence-electron chi connectivity index (χ2n) is 10.4. The van der Waals surface area contributed by atoms with Crippen molar-refractivity contribution in [3.8, 4) is 17.0 Å². The Morgan fingerprint density at radius 2 is 2.03 bits per heavy atom. The molecule has 1 aromatic heterocycles. The number of pyridine rings is 1. The van der Waals surface area contributed by atoms with Crippen molar-refractivity contribution < 1.29 is 19.2 Å². The number of rotatable bonds is 4. The summed E-state index contributed by atoms with van der Waals surface area (Å²) in [5.74, 6) is 0.588. The average Bonchev–Trinajstić information content (AvgIpc) is 2.74. The van der Waals surface area contributed by atoms with Gasteiger partial charge in [0.25, 0.3) is 0 Å². The molecule has 2 aliphatic rings. The first-order valence-electron chi connectivity index (χ1n) is 11.9. The van der Waals surface area contributed by atoms with E-state index >= 15 is 0 Å². The highest BCUT2D eigenvalue weighted by Crippen LogP contribution is 2.49. The Bertz CT molecular complexity index is 1280. The molecular formula is C28H33N2O3+. The summed E-state index contributed by atoms with van der Waals surface area (Å²) in [5, 5.41) is 10.4. The molecule has 0 amide bonds. The molecule has 2 aromatic carbocycles. The maximum absolute atomic E-state index is 11.1. The number of hydrogen-bond donors (Lipinski definition) is 1. The second kappa shape index (κ2) is 7.75. The maximum Gasteiger partial charge on any atom is 0.303 e. The van der Waals surface area contributed by atoms with Crippen LogP contribution < -0.4 is 14.2 Å². The number of aromatic nitrogens is 1. The van der Waals surface area contributed by atoms with Crippen LogP contribution in [0.4, 0.5) is 5.69 Å². The molecule has 33 heavy (non-hydrogen) atoms. The molecule has 0 spiro atoms. The van der Waals surface area contributed by atoms with Crippen molar-refractivity contribution in [2.24, 2.45) is 7.05 Å². The molecule has 0 fully saturated rings. The fourth-order valence-corrected chi connectivity index (χ4v) is 5.93. The maximum atomic E-state index is 11.1. The van der Waals surface area contributed by atoms with Crippen LogP contribution in [0.3, 0.4) is 0 Å². The van der Waals surface area contributed by atoms with Crippen LogP contribution in [0, 0.1) is 6.92 Å². The summed E-state index contributed by atoms with van der Waals surface area (Å²) in [6.07, 6.45) is 1.85. The second-order valence-corrected chi connectivity index (χ2v) is 10.4. The Morgan fingerprint density at radius 1 is 1.24 bits per heavy atom. The number of ether oxygens (including phenoxy) is 1. The molecule has 1 atom stereocenters. The molecule has 0 saturated heterocycles. The molecule has 0 radical (unpaired) electrons. The van der Waals surface area contributed by atoms with Crippen LogP contribution in [0.2, 0.25) is 0 Å². The van der Waals surface area contributed by atoms with Gasteiger partial charge in [-0.15, -0.1) is 0 Å². The summed E-state index contributed by atoms with van der Waals surface area (Å²) in [6, 6.07) is 13.4. The first-order chi connectivity index (χ1) is 15.7. The van der Waals surface area contributed by atoms with E-state index in [1.165, 1.54) is 39.0 Å². The van der Waals surface area contributed by atoms with Crippen LogP contribution in [0.15, 0.2) is 36.4 Å². The van der Waals surface area contributed by atoms with E-state index in [9.17, 15) is 4.79 Å². The summed E-state index contributed by atoms with van der Waals surface area (Å²) in [7, 11) is 2.15. The van der Waals surface area contributed by atoms with E-state index < -0.39 is 5.97 Å². The van der Waals surface area contributed by atoms with Gasteiger partial charge in [0.2, 0.25) is 11.2 Å². The molecule has 172 valence electrons. The molecule has 5 rings (SSSR count). The van der Waals surface area contributed by atoms with Crippen LogP contribution in [-0.2, 0) is 18.4 Å². The van der Waals surface area contributed by atoms with Crippen molar-refractivity contribution in [2.75, 3.05) is 11.4 Å². The molecular weight excluding hydrogens is 412 g/mol. The molecule has 0 saturated carbocycles. The molecule has 3 aromatic rings. The fourth-order valence-electron chi connectivity index (χ4n) is 5.93. The van der Waals surface area contributed by atoms with Gasteiger partial charge in [-0.1, -0.05) is 18.6 Å². The molecule has 5 nitrogen and oxygen atoms in total. The van der Waals surface area contributed by atoms with Gasteiger partial charge in [-0.3, -0.25) is 4.79 Å². The highest BCUT2D eigenvalue weighted by molar-refractivity contribution is 5.83. The van der Waals surface area contributed by atoms with Crippen molar-refractivity contribution in [3.05, 3.63) is 53.1 Å². The zero-order valence-corrected chi connectivity index (χ0v) is 20.2. The lowest BCUT2D eigenvalue weighted by atomic mass is 9.78. The third-order valence-corrected chi connectivity index (χ3v) is 7.41. The molecule has 5 heteroatoms. The number of fused-ring (bicyclic) bond motifs is 5. The highest BCUT2D eigenvalue weighted by Gasteiger charge is 2.38. The van der Waals surface area contributed by atoms with Crippen LogP contribution in [0.5, 0.6) is 5.75 Å². The van der Waals surface area contributed by atoms with Gasteiger partial charge in [0, 0.05) is 41.7 Å². The largest absolute Gasteiger partial charge is 0.488 e. The van der Waals surface area contributed by atoms with Crippen molar-refractivity contribution in [3.63, 3.8) is 0 Å². The van der Waals surface area contributed by atoms with Gasteiger partial charge < -0.3 is 14.7 Å². The van der Waals surface area contributed by atoms with Gasteiger partial charge in [0.1, 0.15) is 19.4 Å². The number of benzene rings is 2. The lowest BCUT2D eigenvalue weighted by molar-refractivity contribution is -0.634. The first-order valence-corrected chi connectivity index (χ1v) is 11.9. The number of anilines is 1. The Kier molecular flexibility index (Phi) is 5.11. The van der Waals surface area contributed by atoms with Crippen molar-refractivity contribution in [1.82, 2.24) is 0 Å². The zero-order chi connectivity index (χ0) is 23.5. The molecule has 0 bridgehead atoms. The number of nitrogens with zero attached hydrogens (tertiary/aromatic N) is 2. The quantitative estimate of drug-likeness (QED) is 0.540. The molecule has 0 aliphatic carbocycles. The average molecular weight is 446 g/mol. The summed E-state index contributed by atoms with van der Waals surface area (Å²) in [6.45, 7) is 10.2. The van der Waals surface area contributed by atoms with Crippen LogP contribution >= 0.6 is 0 Å². The van der Waals surface area contributed by atoms with E-state index in [-0.39, 0.29) is 12.0 Å². The number of carboxylic acids is 1. The summed E-state index contributed by atoms with van der Waals surface area (Å²) < 4.78 is 8.62.